The van der Waals surface area contributed by atoms with E-state index in [-0.39, 0.29) is 17.0 Å². The largest absolute Gasteiger partial charge is 0.496 e. The molecule has 1 amide bonds. The fourth-order valence-corrected chi connectivity index (χ4v) is 2.18. The highest BCUT2D eigenvalue weighted by molar-refractivity contribution is 5.95. The third-order valence-corrected chi connectivity index (χ3v) is 3.58. The van der Waals surface area contributed by atoms with Crippen LogP contribution >= 0.6 is 0 Å². The predicted molar refractivity (Wildman–Crippen MR) is 92.8 cm³/mol. The fourth-order valence-electron chi connectivity index (χ4n) is 2.18. The van der Waals surface area contributed by atoms with E-state index in [0.717, 1.165) is 11.6 Å². The third kappa shape index (κ3) is 4.79. The molecule has 0 aliphatic carbocycles. The Morgan fingerprint density at radius 2 is 1.88 bits per heavy atom. The Bertz CT molecular complexity index is 807. The molecular weight excluding hydrogens is 340 g/mol. The van der Waals surface area contributed by atoms with Crippen molar-refractivity contribution in [1.29, 1.82) is 0 Å². The van der Waals surface area contributed by atoms with Crippen LogP contribution < -0.4 is 10.1 Å². The highest BCUT2D eigenvalue weighted by atomic mass is 16.6. The number of nitro benzene ring substituents is 1. The molecule has 26 heavy (non-hydrogen) atoms. The highest BCUT2D eigenvalue weighted by Gasteiger charge is 2.23. The van der Waals surface area contributed by atoms with Gasteiger partial charge in [0, 0.05) is 18.7 Å². The van der Waals surface area contributed by atoms with E-state index in [1.54, 1.807) is 0 Å². The van der Waals surface area contributed by atoms with Crippen molar-refractivity contribution >= 4 is 17.6 Å². The number of methoxy groups -OCH3 is 1. The fraction of sp³-hybridized carbons (Fsp3) is 0.222. The lowest BCUT2D eigenvalue weighted by Crippen LogP contribution is -2.35. The first-order chi connectivity index (χ1) is 12.4. The summed E-state index contributed by atoms with van der Waals surface area (Å²) >= 11 is 0. The highest BCUT2D eigenvalue weighted by Crippen LogP contribution is 2.25. The maximum atomic E-state index is 12.3. The molecule has 0 unspecified atom stereocenters. The maximum absolute atomic E-state index is 12.3. The van der Waals surface area contributed by atoms with Crippen LogP contribution in [0, 0.1) is 10.1 Å². The molecule has 2 aromatic carbocycles. The van der Waals surface area contributed by atoms with Crippen molar-refractivity contribution in [1.82, 2.24) is 5.32 Å². The van der Waals surface area contributed by atoms with Crippen LogP contribution in [-0.2, 0) is 16.1 Å². The molecule has 1 N–H and O–H groups in total. The molecule has 2 aromatic rings. The second-order valence-electron chi connectivity index (χ2n) is 5.39. The number of hydrogen-bond donors (Lipinski definition) is 1. The van der Waals surface area contributed by atoms with Crippen molar-refractivity contribution < 1.29 is 24.0 Å². The minimum absolute atomic E-state index is 0.121. The number of benzene rings is 2. The summed E-state index contributed by atoms with van der Waals surface area (Å²) in [5, 5.41) is 13.5. The summed E-state index contributed by atoms with van der Waals surface area (Å²) in [4.78, 5) is 34.6. The summed E-state index contributed by atoms with van der Waals surface area (Å²) in [5.41, 5.74) is 0.503. The first-order valence-electron chi connectivity index (χ1n) is 7.77. The summed E-state index contributed by atoms with van der Waals surface area (Å²) < 4.78 is 10.1. The number of nitrogens with one attached hydrogen (secondary N) is 1. The van der Waals surface area contributed by atoms with E-state index in [0.29, 0.717) is 6.54 Å². The Morgan fingerprint density at radius 3 is 2.50 bits per heavy atom. The second kappa shape index (κ2) is 8.61. The summed E-state index contributed by atoms with van der Waals surface area (Å²) in [6, 6.07) is 12.8. The number of carbonyl (C=O) groups is 2. The zero-order valence-electron chi connectivity index (χ0n) is 14.3. The van der Waals surface area contributed by atoms with Gasteiger partial charge in [-0.1, -0.05) is 30.3 Å². The van der Waals surface area contributed by atoms with Crippen LogP contribution in [0.5, 0.6) is 5.75 Å². The van der Waals surface area contributed by atoms with Gasteiger partial charge in [0.2, 0.25) is 0 Å². The summed E-state index contributed by atoms with van der Waals surface area (Å²) in [5.74, 6) is -1.24. The topological polar surface area (TPSA) is 108 Å². The van der Waals surface area contributed by atoms with E-state index >= 15 is 0 Å². The number of amides is 1. The van der Waals surface area contributed by atoms with E-state index in [4.69, 9.17) is 9.47 Å². The first kappa shape index (κ1) is 18.9. The number of ether oxygens (including phenoxy) is 2. The molecule has 0 aromatic heterocycles. The number of esters is 1. The van der Waals surface area contributed by atoms with Crippen molar-refractivity contribution in [3.8, 4) is 5.75 Å². The lowest BCUT2D eigenvalue weighted by molar-refractivity contribution is -0.384. The monoisotopic (exact) mass is 358 g/mol. The van der Waals surface area contributed by atoms with Crippen LogP contribution in [0.25, 0.3) is 0 Å². The molecule has 0 bridgehead atoms. The quantitative estimate of drug-likeness (QED) is 0.463. The Hall–Kier alpha value is -3.42. The molecule has 0 radical (unpaired) electrons. The molecule has 1 atom stereocenters. The van der Waals surface area contributed by atoms with Crippen LogP contribution in [0.15, 0.2) is 48.5 Å². The van der Waals surface area contributed by atoms with Gasteiger partial charge in [0.15, 0.2) is 6.10 Å². The molecule has 2 rings (SSSR count). The van der Waals surface area contributed by atoms with Gasteiger partial charge in [0.1, 0.15) is 11.3 Å². The van der Waals surface area contributed by atoms with Gasteiger partial charge in [-0.2, -0.15) is 0 Å². The number of hydrogen-bond acceptors (Lipinski definition) is 6. The van der Waals surface area contributed by atoms with E-state index < -0.39 is 22.9 Å². The SMILES string of the molecule is COc1ccc([N+](=O)[O-])cc1C(=O)O[C@H](C)C(=O)NCc1ccccc1. The van der Waals surface area contributed by atoms with Gasteiger partial charge < -0.3 is 14.8 Å². The number of nitrogens with zero attached hydrogens (tertiary/aromatic N) is 1. The van der Waals surface area contributed by atoms with E-state index in [1.165, 1.54) is 26.2 Å². The van der Waals surface area contributed by atoms with Gasteiger partial charge in [-0.05, 0) is 18.6 Å². The number of non-ortho nitro benzene ring substituents is 1. The summed E-state index contributed by atoms with van der Waals surface area (Å²) in [6.45, 7) is 1.71. The molecule has 0 aliphatic heterocycles. The van der Waals surface area contributed by atoms with Crippen LogP contribution in [0.1, 0.15) is 22.8 Å². The van der Waals surface area contributed by atoms with Crippen molar-refractivity contribution in [3.05, 3.63) is 69.8 Å². The Kier molecular flexibility index (Phi) is 6.26. The lowest BCUT2D eigenvalue weighted by atomic mass is 10.1. The molecule has 0 spiro atoms. The Morgan fingerprint density at radius 1 is 1.19 bits per heavy atom. The van der Waals surface area contributed by atoms with Gasteiger partial charge in [0.05, 0.1) is 12.0 Å². The van der Waals surface area contributed by atoms with Crippen LogP contribution in [0.3, 0.4) is 0 Å². The van der Waals surface area contributed by atoms with Crippen LogP contribution in [0.2, 0.25) is 0 Å². The maximum Gasteiger partial charge on any atom is 0.342 e. The number of carbonyl (C=O) groups excluding carboxylic acids is 2. The van der Waals surface area contributed by atoms with Crippen molar-refractivity contribution in [2.75, 3.05) is 7.11 Å². The smallest absolute Gasteiger partial charge is 0.342 e. The molecule has 0 saturated carbocycles. The van der Waals surface area contributed by atoms with E-state index in [9.17, 15) is 19.7 Å². The molecule has 0 saturated heterocycles. The second-order valence-corrected chi connectivity index (χ2v) is 5.39. The summed E-state index contributed by atoms with van der Waals surface area (Å²) in [7, 11) is 1.33. The van der Waals surface area contributed by atoms with Gasteiger partial charge in [-0.25, -0.2) is 4.79 Å². The number of nitro groups is 1. The first-order valence-corrected chi connectivity index (χ1v) is 7.77. The average molecular weight is 358 g/mol. The standard InChI is InChI=1S/C18H18N2O6/c1-12(17(21)19-11-13-6-4-3-5-7-13)26-18(22)15-10-14(20(23)24)8-9-16(15)25-2/h3-10,12H,11H2,1-2H3,(H,19,21)/t12-/m1/s1. The molecule has 0 aliphatic rings. The molecule has 8 nitrogen and oxygen atoms in total. The minimum atomic E-state index is -1.07. The van der Waals surface area contributed by atoms with Crippen LogP contribution in [-0.4, -0.2) is 30.0 Å². The molecular formula is C18H18N2O6. The summed E-state index contributed by atoms with van der Waals surface area (Å²) in [6.07, 6.45) is -1.07. The molecule has 136 valence electrons. The van der Waals surface area contributed by atoms with Crippen molar-refractivity contribution in [2.24, 2.45) is 0 Å². The van der Waals surface area contributed by atoms with Crippen LogP contribution in [0.4, 0.5) is 5.69 Å². The van der Waals surface area contributed by atoms with E-state index in [1.807, 2.05) is 30.3 Å². The zero-order valence-corrected chi connectivity index (χ0v) is 14.3. The minimum Gasteiger partial charge on any atom is -0.496 e. The number of rotatable bonds is 7. The zero-order chi connectivity index (χ0) is 19.1. The Labute approximate surface area is 149 Å². The third-order valence-electron chi connectivity index (χ3n) is 3.58. The molecule has 0 fully saturated rings. The van der Waals surface area contributed by atoms with E-state index in [2.05, 4.69) is 5.32 Å². The van der Waals surface area contributed by atoms with Gasteiger partial charge in [-0.3, -0.25) is 14.9 Å². The normalized spacial score (nSPS) is 11.3. The van der Waals surface area contributed by atoms with Gasteiger partial charge in [-0.15, -0.1) is 0 Å². The molecule has 0 heterocycles. The molecule has 8 heteroatoms. The van der Waals surface area contributed by atoms with Gasteiger partial charge in [0.25, 0.3) is 11.6 Å². The van der Waals surface area contributed by atoms with Crippen molar-refractivity contribution in [3.63, 3.8) is 0 Å². The average Bonchev–Trinajstić information content (AvgIpc) is 2.66. The van der Waals surface area contributed by atoms with Crippen molar-refractivity contribution in [2.45, 2.75) is 19.6 Å². The Balaban J connectivity index is 2.02. The van der Waals surface area contributed by atoms with Gasteiger partial charge >= 0.3 is 5.97 Å². The predicted octanol–water partition coefficient (Wildman–Crippen LogP) is 2.47. The lowest BCUT2D eigenvalue weighted by Gasteiger charge is -2.14.